The van der Waals surface area contributed by atoms with Gasteiger partial charge in [0.1, 0.15) is 17.8 Å². The van der Waals surface area contributed by atoms with Gasteiger partial charge in [-0.1, -0.05) is 18.2 Å². The van der Waals surface area contributed by atoms with Gasteiger partial charge < -0.3 is 10.5 Å². The van der Waals surface area contributed by atoms with Crippen LogP contribution in [0.5, 0.6) is 11.6 Å². The monoisotopic (exact) mass is 187 g/mol. The fraction of sp³-hybridized carbons (Fsp3) is 0. The number of para-hydroxylation sites is 1. The number of nitrogen functional groups attached to an aromatic ring is 1. The molecule has 2 aromatic rings. The van der Waals surface area contributed by atoms with Crippen LogP contribution in [-0.4, -0.2) is 9.97 Å². The van der Waals surface area contributed by atoms with Gasteiger partial charge in [0, 0.05) is 0 Å². The summed E-state index contributed by atoms with van der Waals surface area (Å²) in [5.74, 6) is 1.09. The van der Waals surface area contributed by atoms with Crippen LogP contribution in [0.15, 0.2) is 42.9 Å². The fourth-order valence-electron chi connectivity index (χ4n) is 1.01. The topological polar surface area (TPSA) is 61.0 Å². The van der Waals surface area contributed by atoms with Gasteiger partial charge in [-0.3, -0.25) is 0 Å². The first-order valence-electron chi connectivity index (χ1n) is 4.14. The van der Waals surface area contributed by atoms with Crippen LogP contribution in [0.4, 0.5) is 5.69 Å². The van der Waals surface area contributed by atoms with Gasteiger partial charge in [-0.15, -0.1) is 0 Å². The molecule has 14 heavy (non-hydrogen) atoms. The molecule has 2 N–H and O–H groups in total. The van der Waals surface area contributed by atoms with E-state index in [1.165, 1.54) is 12.5 Å². The molecule has 0 aliphatic carbocycles. The van der Waals surface area contributed by atoms with Gasteiger partial charge in [-0.05, 0) is 12.1 Å². The highest BCUT2D eigenvalue weighted by Gasteiger charge is 2.01. The van der Waals surface area contributed by atoms with Crippen LogP contribution < -0.4 is 10.5 Å². The van der Waals surface area contributed by atoms with E-state index in [0.29, 0.717) is 17.3 Å². The summed E-state index contributed by atoms with van der Waals surface area (Å²) >= 11 is 0. The largest absolute Gasteiger partial charge is 0.437 e. The quantitative estimate of drug-likeness (QED) is 0.779. The summed E-state index contributed by atoms with van der Waals surface area (Å²) in [6.45, 7) is 0. The normalized spacial score (nSPS) is 9.71. The van der Waals surface area contributed by atoms with Crippen molar-refractivity contribution in [3.05, 3.63) is 42.9 Å². The standard InChI is InChI=1S/C10H9N3O/c11-9-6-12-7-13-10(9)14-8-4-2-1-3-5-8/h1-7H,11H2. The van der Waals surface area contributed by atoms with Crippen LogP contribution in [-0.2, 0) is 0 Å². The van der Waals surface area contributed by atoms with Crippen molar-refractivity contribution in [1.29, 1.82) is 0 Å². The van der Waals surface area contributed by atoms with Crippen LogP contribution in [0.2, 0.25) is 0 Å². The smallest absolute Gasteiger partial charge is 0.245 e. The molecule has 0 saturated carbocycles. The maximum absolute atomic E-state index is 5.62. The minimum atomic E-state index is 0.381. The molecule has 0 unspecified atom stereocenters. The van der Waals surface area contributed by atoms with Gasteiger partial charge in [0.05, 0.1) is 6.20 Å². The Morgan fingerprint density at radius 1 is 1.14 bits per heavy atom. The Kier molecular flexibility index (Phi) is 2.27. The van der Waals surface area contributed by atoms with Crippen molar-refractivity contribution < 1.29 is 4.74 Å². The van der Waals surface area contributed by atoms with Crippen molar-refractivity contribution in [2.24, 2.45) is 0 Å². The highest BCUT2D eigenvalue weighted by atomic mass is 16.5. The van der Waals surface area contributed by atoms with Crippen LogP contribution in [0.1, 0.15) is 0 Å². The number of rotatable bonds is 2. The van der Waals surface area contributed by atoms with Gasteiger partial charge in [-0.2, -0.15) is 4.98 Å². The number of ether oxygens (including phenoxy) is 1. The molecule has 1 aromatic carbocycles. The minimum absolute atomic E-state index is 0.381. The third kappa shape index (κ3) is 1.80. The molecule has 0 spiro atoms. The second-order valence-corrected chi connectivity index (χ2v) is 2.70. The molecule has 0 aliphatic rings. The van der Waals surface area contributed by atoms with E-state index in [9.17, 15) is 0 Å². The van der Waals surface area contributed by atoms with E-state index in [1.54, 1.807) is 0 Å². The van der Waals surface area contributed by atoms with Crippen molar-refractivity contribution in [1.82, 2.24) is 9.97 Å². The lowest BCUT2D eigenvalue weighted by Crippen LogP contribution is -1.95. The van der Waals surface area contributed by atoms with Crippen LogP contribution in [0.25, 0.3) is 0 Å². The summed E-state index contributed by atoms with van der Waals surface area (Å²) in [7, 11) is 0. The number of benzene rings is 1. The maximum Gasteiger partial charge on any atom is 0.245 e. The highest BCUT2D eigenvalue weighted by molar-refractivity contribution is 5.46. The van der Waals surface area contributed by atoms with Crippen molar-refractivity contribution in [2.45, 2.75) is 0 Å². The first-order chi connectivity index (χ1) is 6.86. The molecular weight excluding hydrogens is 178 g/mol. The summed E-state index contributed by atoms with van der Waals surface area (Å²) in [6, 6.07) is 9.35. The molecule has 0 saturated heterocycles. The summed E-state index contributed by atoms with van der Waals surface area (Å²) in [5, 5.41) is 0. The molecule has 0 aliphatic heterocycles. The molecule has 70 valence electrons. The third-order valence-corrected chi connectivity index (χ3v) is 1.66. The molecule has 1 aromatic heterocycles. The lowest BCUT2D eigenvalue weighted by atomic mass is 10.3. The number of anilines is 1. The van der Waals surface area contributed by atoms with E-state index >= 15 is 0 Å². The average Bonchev–Trinajstić information content (AvgIpc) is 2.23. The number of nitrogens with two attached hydrogens (primary N) is 1. The predicted octanol–water partition coefficient (Wildman–Crippen LogP) is 1.85. The summed E-state index contributed by atoms with van der Waals surface area (Å²) in [6.07, 6.45) is 2.90. The molecule has 4 nitrogen and oxygen atoms in total. The number of nitrogens with zero attached hydrogens (tertiary/aromatic N) is 2. The van der Waals surface area contributed by atoms with E-state index in [2.05, 4.69) is 9.97 Å². The Morgan fingerprint density at radius 3 is 2.64 bits per heavy atom. The zero-order valence-electron chi connectivity index (χ0n) is 7.42. The Bertz CT molecular complexity index is 417. The van der Waals surface area contributed by atoms with Crippen molar-refractivity contribution in [3.63, 3.8) is 0 Å². The van der Waals surface area contributed by atoms with E-state index in [0.717, 1.165) is 0 Å². The molecule has 0 atom stereocenters. The molecule has 0 bridgehead atoms. The first kappa shape index (κ1) is 8.50. The SMILES string of the molecule is Nc1cncnc1Oc1ccccc1. The van der Waals surface area contributed by atoms with Crippen molar-refractivity contribution >= 4 is 5.69 Å². The molecule has 2 rings (SSSR count). The van der Waals surface area contributed by atoms with Gasteiger partial charge in [0.25, 0.3) is 0 Å². The van der Waals surface area contributed by atoms with Crippen molar-refractivity contribution in [3.8, 4) is 11.6 Å². The van der Waals surface area contributed by atoms with E-state index in [4.69, 9.17) is 10.5 Å². The lowest BCUT2D eigenvalue weighted by molar-refractivity contribution is 0.464. The molecule has 0 fully saturated rings. The van der Waals surface area contributed by atoms with Gasteiger partial charge in [0.2, 0.25) is 5.88 Å². The Labute approximate surface area is 81.4 Å². The van der Waals surface area contributed by atoms with Crippen molar-refractivity contribution in [2.75, 3.05) is 5.73 Å². The van der Waals surface area contributed by atoms with E-state index in [-0.39, 0.29) is 0 Å². The number of aromatic nitrogens is 2. The van der Waals surface area contributed by atoms with Crippen LogP contribution >= 0.6 is 0 Å². The van der Waals surface area contributed by atoms with Gasteiger partial charge >= 0.3 is 0 Å². The van der Waals surface area contributed by atoms with Gasteiger partial charge in [0.15, 0.2) is 0 Å². The number of hydrogen-bond donors (Lipinski definition) is 1. The maximum atomic E-state index is 5.62. The summed E-state index contributed by atoms with van der Waals surface area (Å²) in [5.41, 5.74) is 6.05. The molecule has 4 heteroatoms. The summed E-state index contributed by atoms with van der Waals surface area (Å²) in [4.78, 5) is 7.69. The minimum Gasteiger partial charge on any atom is -0.437 e. The molecule has 0 amide bonds. The molecule has 0 radical (unpaired) electrons. The Hall–Kier alpha value is -2.10. The average molecular weight is 187 g/mol. The molecular formula is C10H9N3O. The van der Waals surface area contributed by atoms with Crippen LogP contribution in [0.3, 0.4) is 0 Å². The third-order valence-electron chi connectivity index (χ3n) is 1.66. The Morgan fingerprint density at radius 2 is 1.93 bits per heavy atom. The second-order valence-electron chi connectivity index (χ2n) is 2.70. The van der Waals surface area contributed by atoms with E-state index in [1.807, 2.05) is 30.3 Å². The predicted molar refractivity (Wildman–Crippen MR) is 53.0 cm³/mol. The zero-order chi connectivity index (χ0) is 9.80. The highest BCUT2D eigenvalue weighted by Crippen LogP contribution is 2.22. The molecule has 1 heterocycles. The lowest BCUT2D eigenvalue weighted by Gasteiger charge is -2.05. The Balaban J connectivity index is 2.24. The van der Waals surface area contributed by atoms with E-state index < -0.39 is 0 Å². The van der Waals surface area contributed by atoms with Crippen LogP contribution in [0, 0.1) is 0 Å². The first-order valence-corrected chi connectivity index (χ1v) is 4.14. The summed E-state index contributed by atoms with van der Waals surface area (Å²) < 4.78 is 5.43. The fourth-order valence-corrected chi connectivity index (χ4v) is 1.01. The number of hydrogen-bond acceptors (Lipinski definition) is 4. The zero-order valence-corrected chi connectivity index (χ0v) is 7.42. The van der Waals surface area contributed by atoms with Gasteiger partial charge in [-0.25, -0.2) is 4.98 Å². The second kappa shape index (κ2) is 3.74.